The molecule has 0 spiro atoms. The molecule has 0 saturated carbocycles. The third kappa shape index (κ3) is 3.18. The normalized spacial score (nSPS) is 12.0. The Kier molecular flexibility index (Phi) is 4.22. The minimum absolute atomic E-state index is 0.287. The van der Waals surface area contributed by atoms with Gasteiger partial charge in [-0.3, -0.25) is 4.98 Å². The number of nitrogens with zero attached hydrogens (tertiary/aromatic N) is 2. The fourth-order valence-electron chi connectivity index (χ4n) is 1.21. The van der Waals surface area contributed by atoms with Gasteiger partial charge in [0.15, 0.2) is 0 Å². The van der Waals surface area contributed by atoms with Crippen LogP contribution in [0.25, 0.3) is 0 Å². The summed E-state index contributed by atoms with van der Waals surface area (Å²) in [5.74, 6) is 0.339. The molecular formula is C11H17N3O2. The summed E-state index contributed by atoms with van der Waals surface area (Å²) < 4.78 is 4.90. The Balaban J connectivity index is 2.72. The number of anilines is 1. The second-order valence-electron chi connectivity index (χ2n) is 3.56. The van der Waals surface area contributed by atoms with Gasteiger partial charge in [-0.05, 0) is 27.7 Å². The SMILES string of the molecule is CCOC(=O)C(C)Nc1nc(C)cnc1C. The quantitative estimate of drug-likeness (QED) is 0.783. The molecule has 5 nitrogen and oxygen atoms in total. The molecule has 88 valence electrons. The lowest BCUT2D eigenvalue weighted by Gasteiger charge is -2.14. The fourth-order valence-corrected chi connectivity index (χ4v) is 1.21. The Morgan fingerprint density at radius 1 is 1.56 bits per heavy atom. The van der Waals surface area contributed by atoms with Crippen LogP contribution in [0.3, 0.4) is 0 Å². The minimum atomic E-state index is -0.422. The van der Waals surface area contributed by atoms with Gasteiger partial charge in [0, 0.05) is 6.20 Å². The zero-order valence-electron chi connectivity index (χ0n) is 10.1. The van der Waals surface area contributed by atoms with Crippen molar-refractivity contribution in [2.24, 2.45) is 0 Å². The maximum Gasteiger partial charge on any atom is 0.328 e. The molecule has 0 aromatic carbocycles. The summed E-state index contributed by atoms with van der Waals surface area (Å²) in [5.41, 5.74) is 1.57. The maximum absolute atomic E-state index is 11.4. The maximum atomic E-state index is 11.4. The molecular weight excluding hydrogens is 206 g/mol. The summed E-state index contributed by atoms with van der Waals surface area (Å²) in [4.78, 5) is 19.8. The van der Waals surface area contributed by atoms with E-state index in [2.05, 4.69) is 15.3 Å². The Morgan fingerprint density at radius 3 is 2.88 bits per heavy atom. The molecule has 0 fully saturated rings. The van der Waals surface area contributed by atoms with Crippen LogP contribution in [0.2, 0.25) is 0 Å². The second-order valence-corrected chi connectivity index (χ2v) is 3.56. The Hall–Kier alpha value is -1.65. The van der Waals surface area contributed by atoms with Crippen LogP contribution in [-0.4, -0.2) is 28.6 Å². The van der Waals surface area contributed by atoms with Gasteiger partial charge in [0.25, 0.3) is 0 Å². The summed E-state index contributed by atoms with van der Waals surface area (Å²) in [6, 6.07) is -0.422. The van der Waals surface area contributed by atoms with Crippen LogP contribution in [0.1, 0.15) is 25.2 Å². The van der Waals surface area contributed by atoms with E-state index in [1.54, 1.807) is 20.0 Å². The Morgan fingerprint density at radius 2 is 2.25 bits per heavy atom. The molecule has 1 aromatic rings. The molecule has 0 aliphatic rings. The van der Waals surface area contributed by atoms with Gasteiger partial charge in [-0.25, -0.2) is 9.78 Å². The van der Waals surface area contributed by atoms with Crippen molar-refractivity contribution in [3.05, 3.63) is 17.6 Å². The van der Waals surface area contributed by atoms with Crippen LogP contribution < -0.4 is 5.32 Å². The van der Waals surface area contributed by atoms with Gasteiger partial charge in [0.1, 0.15) is 11.9 Å². The molecule has 0 saturated heterocycles. The summed E-state index contributed by atoms with van der Waals surface area (Å²) in [6.45, 7) is 7.59. The Bertz CT molecular complexity index is 379. The molecule has 1 unspecified atom stereocenters. The number of carbonyl (C=O) groups is 1. The zero-order valence-corrected chi connectivity index (χ0v) is 10.1. The van der Waals surface area contributed by atoms with Crippen LogP contribution in [0, 0.1) is 13.8 Å². The fraction of sp³-hybridized carbons (Fsp3) is 0.545. The van der Waals surface area contributed by atoms with E-state index in [9.17, 15) is 4.79 Å². The molecule has 16 heavy (non-hydrogen) atoms. The standard InChI is InChI=1S/C11H17N3O2/c1-5-16-11(15)9(4)14-10-8(3)12-6-7(2)13-10/h6,9H,5H2,1-4H3,(H,13,14). The lowest BCUT2D eigenvalue weighted by Crippen LogP contribution is -2.29. The summed E-state index contributed by atoms with van der Waals surface area (Å²) >= 11 is 0. The lowest BCUT2D eigenvalue weighted by molar-refractivity contribution is -0.143. The van der Waals surface area contributed by atoms with Gasteiger partial charge >= 0.3 is 5.97 Å². The van der Waals surface area contributed by atoms with E-state index in [4.69, 9.17) is 4.74 Å². The number of hydrogen-bond donors (Lipinski definition) is 1. The number of esters is 1. The second kappa shape index (κ2) is 5.44. The zero-order chi connectivity index (χ0) is 12.1. The van der Waals surface area contributed by atoms with Crippen molar-refractivity contribution in [3.8, 4) is 0 Å². The van der Waals surface area contributed by atoms with Gasteiger partial charge in [-0.2, -0.15) is 0 Å². The van der Waals surface area contributed by atoms with Crippen LogP contribution in [0.15, 0.2) is 6.20 Å². The van der Waals surface area contributed by atoms with Gasteiger partial charge in [0.05, 0.1) is 18.0 Å². The topological polar surface area (TPSA) is 64.1 Å². The first kappa shape index (κ1) is 12.4. The summed E-state index contributed by atoms with van der Waals surface area (Å²) in [6.07, 6.45) is 1.69. The molecule has 1 aromatic heterocycles. The minimum Gasteiger partial charge on any atom is -0.464 e. The predicted octanol–water partition coefficient (Wildman–Crippen LogP) is 1.46. The van der Waals surface area contributed by atoms with Gasteiger partial charge in [-0.1, -0.05) is 0 Å². The van der Waals surface area contributed by atoms with Crippen molar-refractivity contribution in [3.63, 3.8) is 0 Å². The molecule has 5 heteroatoms. The average Bonchev–Trinajstić information content (AvgIpc) is 2.23. The first-order valence-corrected chi connectivity index (χ1v) is 5.28. The molecule has 0 aliphatic heterocycles. The molecule has 0 aliphatic carbocycles. The number of aryl methyl sites for hydroxylation is 2. The van der Waals surface area contributed by atoms with Crippen molar-refractivity contribution < 1.29 is 9.53 Å². The Labute approximate surface area is 95.3 Å². The average molecular weight is 223 g/mol. The van der Waals surface area contributed by atoms with Crippen molar-refractivity contribution in [1.29, 1.82) is 0 Å². The van der Waals surface area contributed by atoms with Gasteiger partial charge in [0.2, 0.25) is 0 Å². The van der Waals surface area contributed by atoms with Crippen molar-refractivity contribution in [2.75, 3.05) is 11.9 Å². The summed E-state index contributed by atoms with van der Waals surface area (Å²) in [7, 11) is 0. The number of rotatable bonds is 4. The van der Waals surface area contributed by atoms with E-state index in [-0.39, 0.29) is 5.97 Å². The predicted molar refractivity (Wildman–Crippen MR) is 61.2 cm³/mol. The first-order chi connectivity index (χ1) is 7.54. The monoisotopic (exact) mass is 223 g/mol. The van der Waals surface area contributed by atoms with E-state index >= 15 is 0 Å². The molecule has 0 radical (unpaired) electrons. The molecule has 1 atom stereocenters. The van der Waals surface area contributed by atoms with Crippen LogP contribution >= 0.6 is 0 Å². The number of ether oxygens (including phenoxy) is 1. The van der Waals surface area contributed by atoms with Crippen molar-refractivity contribution in [2.45, 2.75) is 33.7 Å². The van der Waals surface area contributed by atoms with E-state index in [1.807, 2.05) is 13.8 Å². The van der Waals surface area contributed by atoms with Crippen molar-refractivity contribution >= 4 is 11.8 Å². The summed E-state index contributed by atoms with van der Waals surface area (Å²) in [5, 5.41) is 2.99. The highest BCUT2D eigenvalue weighted by molar-refractivity contribution is 5.78. The lowest BCUT2D eigenvalue weighted by atomic mass is 10.3. The number of aromatic nitrogens is 2. The van der Waals surface area contributed by atoms with E-state index in [1.165, 1.54) is 0 Å². The van der Waals surface area contributed by atoms with Crippen LogP contribution in [0.5, 0.6) is 0 Å². The number of nitrogens with one attached hydrogen (secondary N) is 1. The molecule has 0 bridgehead atoms. The van der Waals surface area contributed by atoms with E-state index in [0.717, 1.165) is 11.4 Å². The smallest absolute Gasteiger partial charge is 0.328 e. The van der Waals surface area contributed by atoms with Crippen LogP contribution in [0.4, 0.5) is 5.82 Å². The first-order valence-electron chi connectivity index (χ1n) is 5.28. The highest BCUT2D eigenvalue weighted by Crippen LogP contribution is 2.10. The largest absolute Gasteiger partial charge is 0.464 e. The van der Waals surface area contributed by atoms with Crippen LogP contribution in [-0.2, 0) is 9.53 Å². The molecule has 1 heterocycles. The highest BCUT2D eigenvalue weighted by atomic mass is 16.5. The molecule has 1 N–H and O–H groups in total. The van der Waals surface area contributed by atoms with E-state index < -0.39 is 6.04 Å². The third-order valence-electron chi connectivity index (χ3n) is 2.07. The highest BCUT2D eigenvalue weighted by Gasteiger charge is 2.15. The molecule has 0 amide bonds. The van der Waals surface area contributed by atoms with Crippen molar-refractivity contribution in [1.82, 2.24) is 9.97 Å². The molecule has 1 rings (SSSR count). The number of hydrogen-bond acceptors (Lipinski definition) is 5. The third-order valence-corrected chi connectivity index (χ3v) is 2.07. The van der Waals surface area contributed by atoms with E-state index in [0.29, 0.717) is 12.4 Å². The van der Waals surface area contributed by atoms with Gasteiger partial charge < -0.3 is 10.1 Å². The van der Waals surface area contributed by atoms with Gasteiger partial charge in [-0.15, -0.1) is 0 Å². The number of carbonyl (C=O) groups excluding carboxylic acids is 1.